The topological polar surface area (TPSA) is 88.2 Å². The number of ether oxygens (including phenoxy) is 1. The fourth-order valence-electron chi connectivity index (χ4n) is 2.77. The summed E-state index contributed by atoms with van der Waals surface area (Å²) in [5.74, 6) is -0.346. The molecule has 7 nitrogen and oxygen atoms in total. The standard InChI is InChI=1S/C15H18N4O3/c1-2-22-14(21)4-3-13(20)19-6-5-11-10(9-19)7-16-15-12(11)8-17-18-15/h7-8H,2-6,9H2,1H3,(H,16,17,18). The minimum absolute atomic E-state index is 0.0222. The van der Waals surface area contributed by atoms with Crippen LogP contribution in [0.4, 0.5) is 0 Å². The molecule has 0 saturated carbocycles. The van der Waals surface area contributed by atoms with Crippen molar-refractivity contribution < 1.29 is 14.3 Å². The second-order valence-electron chi connectivity index (χ2n) is 5.26. The monoisotopic (exact) mass is 302 g/mol. The van der Waals surface area contributed by atoms with Crippen LogP contribution in [0.15, 0.2) is 12.4 Å². The van der Waals surface area contributed by atoms with E-state index in [1.54, 1.807) is 24.2 Å². The van der Waals surface area contributed by atoms with Crippen molar-refractivity contribution in [2.24, 2.45) is 0 Å². The summed E-state index contributed by atoms with van der Waals surface area (Å²) in [7, 11) is 0. The highest BCUT2D eigenvalue weighted by Crippen LogP contribution is 2.25. The molecular weight excluding hydrogens is 284 g/mol. The number of amides is 1. The number of aromatic nitrogens is 3. The molecule has 0 saturated heterocycles. The highest BCUT2D eigenvalue weighted by atomic mass is 16.5. The minimum atomic E-state index is -0.324. The molecule has 116 valence electrons. The summed E-state index contributed by atoms with van der Waals surface area (Å²) in [6.45, 7) is 3.28. The second kappa shape index (κ2) is 6.13. The Bertz CT molecular complexity index is 710. The molecule has 7 heteroatoms. The fourth-order valence-corrected chi connectivity index (χ4v) is 2.77. The van der Waals surface area contributed by atoms with Crippen molar-refractivity contribution >= 4 is 22.9 Å². The Labute approximate surface area is 127 Å². The molecule has 0 aliphatic carbocycles. The maximum absolute atomic E-state index is 12.2. The van der Waals surface area contributed by atoms with Crippen molar-refractivity contribution in [2.45, 2.75) is 32.7 Å². The predicted molar refractivity (Wildman–Crippen MR) is 78.9 cm³/mol. The molecule has 0 aromatic carbocycles. The Balaban J connectivity index is 1.66. The molecule has 1 amide bonds. The van der Waals surface area contributed by atoms with Crippen molar-refractivity contribution in [1.29, 1.82) is 0 Å². The molecule has 0 radical (unpaired) electrons. The molecular formula is C15H18N4O3. The molecule has 3 rings (SSSR count). The quantitative estimate of drug-likeness (QED) is 0.857. The number of nitrogens with zero attached hydrogens (tertiary/aromatic N) is 3. The van der Waals surface area contributed by atoms with Crippen LogP contribution in [0.25, 0.3) is 11.0 Å². The summed E-state index contributed by atoms with van der Waals surface area (Å²) in [4.78, 5) is 29.6. The van der Waals surface area contributed by atoms with E-state index in [1.165, 1.54) is 5.56 Å². The molecule has 1 aliphatic heterocycles. The largest absolute Gasteiger partial charge is 0.466 e. The lowest BCUT2D eigenvalue weighted by Crippen LogP contribution is -2.36. The maximum atomic E-state index is 12.2. The van der Waals surface area contributed by atoms with E-state index < -0.39 is 0 Å². The lowest BCUT2D eigenvalue weighted by Gasteiger charge is -2.28. The van der Waals surface area contributed by atoms with Crippen LogP contribution in [0.1, 0.15) is 30.9 Å². The summed E-state index contributed by atoms with van der Waals surface area (Å²) in [6.07, 6.45) is 4.67. The van der Waals surface area contributed by atoms with Crippen LogP contribution in [-0.4, -0.2) is 45.1 Å². The van der Waals surface area contributed by atoms with Gasteiger partial charge < -0.3 is 9.64 Å². The number of esters is 1. The average Bonchev–Trinajstić information content (AvgIpc) is 3.01. The number of aromatic amines is 1. The van der Waals surface area contributed by atoms with Crippen LogP contribution in [0.2, 0.25) is 0 Å². The van der Waals surface area contributed by atoms with E-state index in [1.807, 2.05) is 0 Å². The Morgan fingerprint density at radius 1 is 1.36 bits per heavy atom. The Morgan fingerprint density at radius 3 is 3.05 bits per heavy atom. The van der Waals surface area contributed by atoms with E-state index in [2.05, 4.69) is 15.2 Å². The molecule has 1 N–H and O–H groups in total. The number of carbonyl (C=O) groups excluding carboxylic acids is 2. The zero-order chi connectivity index (χ0) is 15.5. The SMILES string of the molecule is CCOC(=O)CCC(=O)N1CCc2c(cnc3[nH]ncc23)C1. The average molecular weight is 302 g/mol. The number of hydrogen-bond acceptors (Lipinski definition) is 5. The fraction of sp³-hybridized carbons (Fsp3) is 0.467. The van der Waals surface area contributed by atoms with Gasteiger partial charge in [-0.3, -0.25) is 14.7 Å². The van der Waals surface area contributed by atoms with Crippen LogP contribution < -0.4 is 0 Å². The van der Waals surface area contributed by atoms with Crippen molar-refractivity contribution in [3.05, 3.63) is 23.5 Å². The molecule has 1 aliphatic rings. The first kappa shape index (κ1) is 14.5. The van der Waals surface area contributed by atoms with Crippen LogP contribution in [0.5, 0.6) is 0 Å². The number of nitrogens with one attached hydrogen (secondary N) is 1. The van der Waals surface area contributed by atoms with Gasteiger partial charge in [0, 0.05) is 31.1 Å². The number of H-pyrrole nitrogens is 1. The minimum Gasteiger partial charge on any atom is -0.466 e. The van der Waals surface area contributed by atoms with E-state index in [0.29, 0.717) is 19.7 Å². The lowest BCUT2D eigenvalue weighted by atomic mass is 9.99. The normalized spacial score (nSPS) is 14.0. The highest BCUT2D eigenvalue weighted by Gasteiger charge is 2.23. The molecule has 0 atom stereocenters. The van der Waals surface area contributed by atoms with Gasteiger partial charge in [0.05, 0.1) is 19.2 Å². The number of hydrogen-bond donors (Lipinski definition) is 1. The first-order chi connectivity index (χ1) is 10.7. The van der Waals surface area contributed by atoms with Gasteiger partial charge in [0.25, 0.3) is 0 Å². The van der Waals surface area contributed by atoms with Gasteiger partial charge in [-0.15, -0.1) is 0 Å². The maximum Gasteiger partial charge on any atom is 0.306 e. The first-order valence-electron chi connectivity index (χ1n) is 7.42. The summed E-state index contributed by atoms with van der Waals surface area (Å²) in [6, 6.07) is 0. The zero-order valence-electron chi connectivity index (χ0n) is 12.5. The lowest BCUT2D eigenvalue weighted by molar-refractivity contribution is -0.145. The third kappa shape index (κ3) is 2.79. The number of carbonyl (C=O) groups is 2. The highest BCUT2D eigenvalue weighted by molar-refractivity contribution is 5.83. The van der Waals surface area contributed by atoms with Crippen LogP contribution >= 0.6 is 0 Å². The Kier molecular flexibility index (Phi) is 4.04. The van der Waals surface area contributed by atoms with E-state index >= 15 is 0 Å². The molecule has 3 heterocycles. The van der Waals surface area contributed by atoms with Gasteiger partial charge in [-0.1, -0.05) is 0 Å². The second-order valence-corrected chi connectivity index (χ2v) is 5.26. The van der Waals surface area contributed by atoms with Crippen molar-refractivity contribution in [3.63, 3.8) is 0 Å². The number of pyridine rings is 1. The van der Waals surface area contributed by atoms with Gasteiger partial charge in [-0.05, 0) is 24.5 Å². The third-order valence-corrected chi connectivity index (χ3v) is 3.88. The van der Waals surface area contributed by atoms with Crippen LogP contribution in [-0.2, 0) is 27.3 Å². The Hall–Kier alpha value is -2.44. The molecule has 22 heavy (non-hydrogen) atoms. The summed E-state index contributed by atoms with van der Waals surface area (Å²) in [5, 5.41) is 7.89. The molecule has 2 aromatic heterocycles. The van der Waals surface area contributed by atoms with Gasteiger partial charge in [0.15, 0.2) is 5.65 Å². The number of fused-ring (bicyclic) bond motifs is 3. The first-order valence-corrected chi connectivity index (χ1v) is 7.42. The van der Waals surface area contributed by atoms with Gasteiger partial charge in [0.1, 0.15) is 0 Å². The van der Waals surface area contributed by atoms with Gasteiger partial charge in [0.2, 0.25) is 5.91 Å². The summed E-state index contributed by atoms with van der Waals surface area (Å²) in [5.41, 5.74) is 3.03. The molecule has 2 aromatic rings. The Morgan fingerprint density at radius 2 is 2.23 bits per heavy atom. The molecule has 0 unspecified atom stereocenters. The van der Waals surface area contributed by atoms with Crippen molar-refractivity contribution in [1.82, 2.24) is 20.1 Å². The van der Waals surface area contributed by atoms with Gasteiger partial charge >= 0.3 is 5.97 Å². The zero-order valence-corrected chi connectivity index (χ0v) is 12.5. The van der Waals surface area contributed by atoms with E-state index in [9.17, 15) is 9.59 Å². The van der Waals surface area contributed by atoms with Crippen molar-refractivity contribution in [2.75, 3.05) is 13.2 Å². The van der Waals surface area contributed by atoms with Crippen molar-refractivity contribution in [3.8, 4) is 0 Å². The molecule has 0 spiro atoms. The van der Waals surface area contributed by atoms with E-state index in [4.69, 9.17) is 4.74 Å². The third-order valence-electron chi connectivity index (χ3n) is 3.88. The molecule has 0 fully saturated rings. The van der Waals surface area contributed by atoms with Crippen LogP contribution in [0, 0.1) is 0 Å². The summed E-state index contributed by atoms with van der Waals surface area (Å²) < 4.78 is 4.85. The van der Waals surface area contributed by atoms with Crippen LogP contribution in [0.3, 0.4) is 0 Å². The van der Waals surface area contributed by atoms with Gasteiger partial charge in [-0.2, -0.15) is 5.10 Å². The number of rotatable bonds is 4. The molecule has 0 bridgehead atoms. The smallest absolute Gasteiger partial charge is 0.306 e. The predicted octanol–water partition coefficient (Wildman–Crippen LogP) is 1.19. The van der Waals surface area contributed by atoms with E-state index in [-0.39, 0.29) is 24.7 Å². The van der Waals surface area contributed by atoms with E-state index in [0.717, 1.165) is 23.0 Å². The summed E-state index contributed by atoms with van der Waals surface area (Å²) >= 11 is 0. The van der Waals surface area contributed by atoms with Gasteiger partial charge in [-0.25, -0.2) is 4.98 Å².